The highest BCUT2D eigenvalue weighted by Crippen LogP contribution is 2.27. The molecule has 210 valence electrons. The minimum atomic E-state index is -0.990. The molecule has 3 N–H and O–H groups in total. The lowest BCUT2D eigenvalue weighted by Crippen LogP contribution is -2.55. The topological polar surface area (TPSA) is 114 Å². The highest BCUT2D eigenvalue weighted by atomic mass is 16.6. The highest BCUT2D eigenvalue weighted by molar-refractivity contribution is 5.92. The predicted molar refractivity (Wildman–Crippen MR) is 154 cm³/mol. The van der Waals surface area contributed by atoms with E-state index in [-0.39, 0.29) is 6.42 Å². The Bertz CT molecular complexity index is 1220. The van der Waals surface area contributed by atoms with Crippen molar-refractivity contribution in [3.8, 4) is 0 Å². The number of hydrogen-bond donors (Lipinski definition) is 3. The number of amides is 3. The molecule has 0 saturated carbocycles. The number of rotatable bonds is 11. The number of carbonyl (C=O) groups is 4. The summed E-state index contributed by atoms with van der Waals surface area (Å²) >= 11 is 0. The molecule has 40 heavy (non-hydrogen) atoms. The van der Waals surface area contributed by atoms with Crippen LogP contribution >= 0.6 is 0 Å². The van der Waals surface area contributed by atoms with Crippen molar-refractivity contribution in [3.05, 3.63) is 108 Å². The van der Waals surface area contributed by atoms with Gasteiger partial charge in [0.05, 0.1) is 6.04 Å². The zero-order valence-corrected chi connectivity index (χ0v) is 23.3. The van der Waals surface area contributed by atoms with Crippen LogP contribution in [0.15, 0.2) is 91.0 Å². The first kappa shape index (κ1) is 30.1. The molecule has 3 aromatic carbocycles. The van der Waals surface area contributed by atoms with Crippen molar-refractivity contribution < 1.29 is 23.9 Å². The molecule has 0 bridgehead atoms. The smallest absolute Gasteiger partial charge is 0.408 e. The average Bonchev–Trinajstić information content (AvgIpc) is 2.93. The first-order chi connectivity index (χ1) is 19.1. The first-order valence-corrected chi connectivity index (χ1v) is 13.3. The second-order valence-electron chi connectivity index (χ2n) is 10.6. The molecule has 0 aliphatic rings. The molecule has 0 unspecified atom stereocenters. The fraction of sp³-hybridized carbons (Fsp3) is 0.312. The Hall–Kier alpha value is -4.46. The fourth-order valence-electron chi connectivity index (χ4n) is 4.30. The molecule has 0 spiro atoms. The minimum Gasteiger partial charge on any atom is -0.444 e. The SMILES string of the molecule is C[C@H](NC(=O)[C@H](Cc1ccccc1)NC(=O)OC(C)(C)C)C(=O)N[C@H](C=O)C(c1ccccc1)c1ccccc1. The number of alkyl carbamates (subject to hydrolysis) is 1. The van der Waals surface area contributed by atoms with Crippen LogP contribution in [-0.4, -0.2) is 47.9 Å². The van der Waals surface area contributed by atoms with Gasteiger partial charge in [0.25, 0.3) is 0 Å². The van der Waals surface area contributed by atoms with Crippen molar-refractivity contribution in [2.45, 2.75) is 63.8 Å². The number of carbonyl (C=O) groups excluding carboxylic acids is 4. The number of benzene rings is 3. The summed E-state index contributed by atoms with van der Waals surface area (Å²) in [6.45, 7) is 6.72. The van der Waals surface area contributed by atoms with Crippen LogP contribution in [0.5, 0.6) is 0 Å². The highest BCUT2D eigenvalue weighted by Gasteiger charge is 2.30. The van der Waals surface area contributed by atoms with Gasteiger partial charge in [-0.15, -0.1) is 0 Å². The van der Waals surface area contributed by atoms with Gasteiger partial charge in [0.2, 0.25) is 11.8 Å². The standard InChI is InChI=1S/C32H37N3O5/c1-22(33-30(38)26(20-23-14-8-5-9-15-23)35-31(39)40-32(2,3)4)29(37)34-27(21-36)28(24-16-10-6-11-17-24)25-18-12-7-13-19-25/h5-19,21-22,26-28H,20H2,1-4H3,(H,33,38)(H,34,37)(H,35,39)/t22-,26-,27+/m0/s1. The van der Waals surface area contributed by atoms with Crippen LogP contribution in [0, 0.1) is 0 Å². The molecule has 3 aromatic rings. The van der Waals surface area contributed by atoms with E-state index in [2.05, 4.69) is 16.0 Å². The lowest BCUT2D eigenvalue weighted by molar-refractivity contribution is -0.130. The van der Waals surface area contributed by atoms with E-state index >= 15 is 0 Å². The fourth-order valence-corrected chi connectivity index (χ4v) is 4.30. The van der Waals surface area contributed by atoms with Crippen LogP contribution in [0.4, 0.5) is 4.79 Å². The Kier molecular flexibility index (Phi) is 10.6. The summed E-state index contributed by atoms with van der Waals surface area (Å²) in [5.74, 6) is -1.51. The van der Waals surface area contributed by atoms with Crippen molar-refractivity contribution in [2.75, 3.05) is 0 Å². The van der Waals surface area contributed by atoms with E-state index in [1.54, 1.807) is 20.8 Å². The van der Waals surface area contributed by atoms with Gasteiger partial charge >= 0.3 is 6.09 Å². The molecule has 0 saturated heterocycles. The van der Waals surface area contributed by atoms with Gasteiger partial charge in [-0.25, -0.2) is 4.79 Å². The van der Waals surface area contributed by atoms with Crippen LogP contribution in [0.25, 0.3) is 0 Å². The molecule has 0 fully saturated rings. The third-order valence-corrected chi connectivity index (χ3v) is 6.17. The Morgan fingerprint density at radius 2 is 1.25 bits per heavy atom. The first-order valence-electron chi connectivity index (χ1n) is 13.3. The minimum absolute atomic E-state index is 0.196. The molecule has 0 aliphatic heterocycles. The monoisotopic (exact) mass is 543 g/mol. The summed E-state index contributed by atoms with van der Waals surface area (Å²) in [5.41, 5.74) is 1.81. The molecular formula is C32H37N3O5. The quantitative estimate of drug-likeness (QED) is 0.315. The third kappa shape index (κ3) is 9.08. The average molecular weight is 544 g/mol. The summed E-state index contributed by atoms with van der Waals surface area (Å²) in [7, 11) is 0. The summed E-state index contributed by atoms with van der Waals surface area (Å²) < 4.78 is 5.34. The van der Waals surface area contributed by atoms with Crippen molar-refractivity contribution in [1.82, 2.24) is 16.0 Å². The van der Waals surface area contributed by atoms with Crippen LogP contribution in [0.1, 0.15) is 50.3 Å². The second-order valence-corrected chi connectivity index (χ2v) is 10.6. The molecule has 3 rings (SSSR count). The number of aldehydes is 1. The molecule has 0 aliphatic carbocycles. The maximum Gasteiger partial charge on any atom is 0.408 e. The number of hydrogen-bond acceptors (Lipinski definition) is 5. The van der Waals surface area contributed by atoms with Gasteiger partial charge in [-0.2, -0.15) is 0 Å². The van der Waals surface area contributed by atoms with Gasteiger partial charge in [-0.1, -0.05) is 91.0 Å². The molecule has 0 heterocycles. The van der Waals surface area contributed by atoms with E-state index in [1.807, 2.05) is 91.0 Å². The lowest BCUT2D eigenvalue weighted by atomic mass is 9.85. The van der Waals surface area contributed by atoms with Crippen LogP contribution in [0.2, 0.25) is 0 Å². The van der Waals surface area contributed by atoms with Gasteiger partial charge in [-0.3, -0.25) is 9.59 Å². The van der Waals surface area contributed by atoms with Gasteiger partial charge in [0.1, 0.15) is 24.0 Å². The molecule has 3 atom stereocenters. The largest absolute Gasteiger partial charge is 0.444 e. The second kappa shape index (κ2) is 14.1. The summed E-state index contributed by atoms with van der Waals surface area (Å²) in [6.07, 6.45) is 0.163. The predicted octanol–water partition coefficient (Wildman–Crippen LogP) is 4.14. The van der Waals surface area contributed by atoms with E-state index in [1.165, 1.54) is 6.92 Å². The Morgan fingerprint density at radius 3 is 1.73 bits per heavy atom. The van der Waals surface area contributed by atoms with Crippen molar-refractivity contribution in [1.29, 1.82) is 0 Å². The number of ether oxygens (including phenoxy) is 1. The van der Waals surface area contributed by atoms with Crippen molar-refractivity contribution in [2.24, 2.45) is 0 Å². The molecule has 8 heteroatoms. The Labute approximate surface area is 235 Å². The normalized spacial score (nSPS) is 13.4. The van der Waals surface area contributed by atoms with Crippen LogP contribution in [-0.2, 0) is 25.5 Å². The maximum atomic E-state index is 13.3. The third-order valence-electron chi connectivity index (χ3n) is 6.17. The van der Waals surface area contributed by atoms with E-state index in [0.717, 1.165) is 16.7 Å². The molecule has 3 amide bonds. The van der Waals surface area contributed by atoms with Gasteiger partial charge < -0.3 is 25.5 Å². The summed E-state index contributed by atoms with van der Waals surface area (Å²) in [5, 5.41) is 8.09. The lowest BCUT2D eigenvalue weighted by Gasteiger charge is -2.27. The van der Waals surface area contributed by atoms with Crippen LogP contribution in [0.3, 0.4) is 0 Å². The summed E-state index contributed by atoms with van der Waals surface area (Å²) in [6, 6.07) is 25.3. The zero-order chi connectivity index (χ0) is 29.1. The van der Waals surface area contributed by atoms with E-state index in [9.17, 15) is 19.2 Å². The van der Waals surface area contributed by atoms with E-state index < -0.39 is 47.6 Å². The maximum absolute atomic E-state index is 13.3. The van der Waals surface area contributed by atoms with Crippen LogP contribution < -0.4 is 16.0 Å². The van der Waals surface area contributed by atoms with Crippen molar-refractivity contribution in [3.63, 3.8) is 0 Å². The molecular weight excluding hydrogens is 506 g/mol. The Balaban J connectivity index is 1.74. The molecule has 8 nitrogen and oxygen atoms in total. The molecule has 0 aromatic heterocycles. The van der Waals surface area contributed by atoms with E-state index in [0.29, 0.717) is 6.29 Å². The Morgan fingerprint density at radius 1 is 0.750 bits per heavy atom. The summed E-state index contributed by atoms with van der Waals surface area (Å²) in [4.78, 5) is 51.2. The van der Waals surface area contributed by atoms with E-state index in [4.69, 9.17) is 4.74 Å². The van der Waals surface area contributed by atoms with Gasteiger partial charge in [0, 0.05) is 12.3 Å². The molecule has 0 radical (unpaired) electrons. The van der Waals surface area contributed by atoms with Gasteiger partial charge in [-0.05, 0) is 44.4 Å². The van der Waals surface area contributed by atoms with Gasteiger partial charge in [0.15, 0.2) is 0 Å². The number of nitrogens with one attached hydrogen (secondary N) is 3. The van der Waals surface area contributed by atoms with Crippen molar-refractivity contribution >= 4 is 24.2 Å². The zero-order valence-electron chi connectivity index (χ0n) is 23.3.